The number of para-hydroxylation sites is 2. The lowest BCUT2D eigenvalue weighted by molar-refractivity contribution is -0.126. The van der Waals surface area contributed by atoms with Crippen molar-refractivity contribution in [2.24, 2.45) is 5.92 Å². The molecule has 2 aromatic carbocycles. The minimum absolute atomic E-state index is 0.0170. The summed E-state index contributed by atoms with van der Waals surface area (Å²) < 4.78 is 1.17. The van der Waals surface area contributed by atoms with Crippen molar-refractivity contribution in [3.8, 4) is 0 Å². The molecule has 4 rings (SSSR count). The summed E-state index contributed by atoms with van der Waals surface area (Å²) in [5.74, 6) is -0.149. The van der Waals surface area contributed by atoms with Gasteiger partial charge in [-0.3, -0.25) is 4.79 Å². The third kappa shape index (κ3) is 4.92. The summed E-state index contributed by atoms with van der Waals surface area (Å²) in [6.45, 7) is 1.69. The third-order valence-electron chi connectivity index (χ3n) is 5.08. The van der Waals surface area contributed by atoms with E-state index in [2.05, 4.69) is 21.7 Å². The average molecular weight is 409 g/mol. The Balaban J connectivity index is 1.26. The van der Waals surface area contributed by atoms with E-state index in [0.717, 1.165) is 35.5 Å². The molecule has 0 aliphatic carbocycles. The molecule has 3 aromatic rings. The molecule has 0 bridgehead atoms. The van der Waals surface area contributed by atoms with Crippen molar-refractivity contribution in [3.05, 3.63) is 59.6 Å². The summed E-state index contributed by atoms with van der Waals surface area (Å²) in [5.41, 5.74) is 1.77. The summed E-state index contributed by atoms with van der Waals surface area (Å²) in [6, 6.07) is 17.3. The Labute approximate surface area is 173 Å². The first kappa shape index (κ1) is 19.4. The van der Waals surface area contributed by atoms with Gasteiger partial charge in [0.2, 0.25) is 5.91 Å². The fraction of sp³-hybridized carbons (Fsp3) is 0.318. The van der Waals surface area contributed by atoms with E-state index in [-0.39, 0.29) is 17.9 Å². The zero-order valence-electron chi connectivity index (χ0n) is 16.1. The average Bonchev–Trinajstić information content (AvgIpc) is 3.17. The van der Waals surface area contributed by atoms with Crippen molar-refractivity contribution in [1.82, 2.24) is 15.2 Å². The maximum absolute atomic E-state index is 12.6. The molecule has 3 amide bonds. The Bertz CT molecular complexity index is 956. The van der Waals surface area contributed by atoms with Crippen LogP contribution in [0.4, 0.5) is 10.5 Å². The number of carbonyl (C=O) groups excluding carboxylic acids is 2. The normalized spacial score (nSPS) is 16.6. The molecule has 1 unspecified atom stereocenters. The number of benzene rings is 2. The van der Waals surface area contributed by atoms with Crippen molar-refractivity contribution in [3.63, 3.8) is 0 Å². The van der Waals surface area contributed by atoms with Gasteiger partial charge in [-0.05, 0) is 37.1 Å². The molecular weight excluding hydrogens is 384 g/mol. The number of likely N-dealkylation sites (tertiary alicyclic amines) is 1. The SMILES string of the molecule is O=C(NCCc1nc2ccccc2s1)C1CCCN(C(=O)Nc2ccccc2)C1. The van der Waals surface area contributed by atoms with Crippen LogP contribution in [0.15, 0.2) is 54.6 Å². The summed E-state index contributed by atoms with van der Waals surface area (Å²) in [5, 5.41) is 6.95. The first-order chi connectivity index (χ1) is 14.2. The highest BCUT2D eigenvalue weighted by atomic mass is 32.1. The molecule has 1 aliphatic rings. The third-order valence-corrected chi connectivity index (χ3v) is 6.18. The smallest absolute Gasteiger partial charge is 0.321 e. The molecule has 29 heavy (non-hydrogen) atoms. The largest absolute Gasteiger partial charge is 0.355 e. The molecule has 1 aromatic heterocycles. The van der Waals surface area contributed by atoms with Gasteiger partial charge >= 0.3 is 6.03 Å². The summed E-state index contributed by atoms with van der Waals surface area (Å²) in [4.78, 5) is 31.4. The number of fused-ring (bicyclic) bond motifs is 1. The second-order valence-electron chi connectivity index (χ2n) is 7.20. The van der Waals surface area contributed by atoms with Gasteiger partial charge in [0, 0.05) is 31.7 Å². The molecule has 0 saturated carbocycles. The molecule has 0 radical (unpaired) electrons. The molecule has 6 nitrogen and oxygen atoms in total. The summed E-state index contributed by atoms with van der Waals surface area (Å²) >= 11 is 1.67. The molecule has 2 N–H and O–H groups in total. The number of thiazole rings is 1. The van der Waals surface area contributed by atoms with Crippen molar-refractivity contribution in [2.45, 2.75) is 19.3 Å². The van der Waals surface area contributed by atoms with Gasteiger partial charge in [-0.25, -0.2) is 9.78 Å². The van der Waals surface area contributed by atoms with Crippen LogP contribution in [0, 0.1) is 5.92 Å². The van der Waals surface area contributed by atoms with Crippen LogP contribution in [0.2, 0.25) is 0 Å². The molecule has 7 heteroatoms. The first-order valence-electron chi connectivity index (χ1n) is 9.92. The Hall–Kier alpha value is -2.93. The monoisotopic (exact) mass is 408 g/mol. The van der Waals surface area contributed by atoms with Crippen LogP contribution in [0.1, 0.15) is 17.8 Å². The molecule has 1 atom stereocenters. The Kier molecular flexibility index (Phi) is 6.05. The maximum Gasteiger partial charge on any atom is 0.321 e. The van der Waals surface area contributed by atoms with Crippen molar-refractivity contribution in [1.29, 1.82) is 0 Å². The topological polar surface area (TPSA) is 74.3 Å². The van der Waals surface area contributed by atoms with Gasteiger partial charge in [-0.15, -0.1) is 11.3 Å². The number of amides is 3. The van der Waals surface area contributed by atoms with E-state index in [0.29, 0.717) is 19.6 Å². The van der Waals surface area contributed by atoms with Gasteiger partial charge in [0.05, 0.1) is 21.1 Å². The highest BCUT2D eigenvalue weighted by Crippen LogP contribution is 2.22. The minimum Gasteiger partial charge on any atom is -0.355 e. The lowest BCUT2D eigenvalue weighted by Gasteiger charge is -2.32. The fourth-order valence-electron chi connectivity index (χ4n) is 3.56. The predicted molar refractivity (Wildman–Crippen MR) is 116 cm³/mol. The van der Waals surface area contributed by atoms with Gasteiger partial charge in [0.25, 0.3) is 0 Å². The molecular formula is C22H24N4O2S. The van der Waals surface area contributed by atoms with E-state index in [1.807, 2.05) is 48.5 Å². The lowest BCUT2D eigenvalue weighted by atomic mass is 9.97. The van der Waals surface area contributed by atoms with Gasteiger partial charge in [0.1, 0.15) is 0 Å². The van der Waals surface area contributed by atoms with Crippen LogP contribution in [0.5, 0.6) is 0 Å². The fourth-order valence-corrected chi connectivity index (χ4v) is 4.53. The van der Waals surface area contributed by atoms with Gasteiger partial charge in [-0.2, -0.15) is 0 Å². The number of hydrogen-bond donors (Lipinski definition) is 2. The van der Waals surface area contributed by atoms with Crippen LogP contribution in [-0.2, 0) is 11.2 Å². The lowest BCUT2D eigenvalue weighted by Crippen LogP contribution is -2.47. The van der Waals surface area contributed by atoms with E-state index in [9.17, 15) is 9.59 Å². The first-order valence-corrected chi connectivity index (χ1v) is 10.7. The highest BCUT2D eigenvalue weighted by molar-refractivity contribution is 7.18. The molecule has 1 aliphatic heterocycles. The second kappa shape index (κ2) is 9.05. The summed E-state index contributed by atoms with van der Waals surface area (Å²) in [6.07, 6.45) is 2.36. The van der Waals surface area contributed by atoms with E-state index < -0.39 is 0 Å². The number of carbonyl (C=O) groups is 2. The van der Waals surface area contributed by atoms with E-state index in [1.54, 1.807) is 16.2 Å². The number of rotatable bonds is 5. The molecule has 1 fully saturated rings. The van der Waals surface area contributed by atoms with Crippen LogP contribution in [-0.4, -0.2) is 41.5 Å². The van der Waals surface area contributed by atoms with Crippen LogP contribution >= 0.6 is 11.3 Å². The number of nitrogens with one attached hydrogen (secondary N) is 2. The maximum atomic E-state index is 12.6. The quantitative estimate of drug-likeness (QED) is 0.672. The minimum atomic E-state index is -0.166. The Morgan fingerprint density at radius 3 is 2.72 bits per heavy atom. The number of nitrogens with zero attached hydrogens (tertiary/aromatic N) is 2. The van der Waals surface area contributed by atoms with Crippen molar-refractivity contribution >= 4 is 39.2 Å². The highest BCUT2D eigenvalue weighted by Gasteiger charge is 2.28. The van der Waals surface area contributed by atoms with Crippen LogP contribution in [0.3, 0.4) is 0 Å². The Morgan fingerprint density at radius 1 is 1.10 bits per heavy atom. The van der Waals surface area contributed by atoms with Gasteiger partial charge in [-0.1, -0.05) is 30.3 Å². The van der Waals surface area contributed by atoms with Gasteiger partial charge in [0.15, 0.2) is 0 Å². The van der Waals surface area contributed by atoms with Crippen molar-refractivity contribution in [2.75, 3.05) is 25.0 Å². The Morgan fingerprint density at radius 2 is 1.90 bits per heavy atom. The molecule has 2 heterocycles. The number of hydrogen-bond acceptors (Lipinski definition) is 4. The van der Waals surface area contributed by atoms with E-state index >= 15 is 0 Å². The zero-order chi connectivity index (χ0) is 20.1. The number of piperidine rings is 1. The summed E-state index contributed by atoms with van der Waals surface area (Å²) in [7, 11) is 0. The molecule has 1 saturated heterocycles. The molecule has 0 spiro atoms. The number of anilines is 1. The van der Waals surface area contributed by atoms with Crippen LogP contribution < -0.4 is 10.6 Å². The number of urea groups is 1. The van der Waals surface area contributed by atoms with E-state index in [4.69, 9.17) is 0 Å². The van der Waals surface area contributed by atoms with Crippen molar-refractivity contribution < 1.29 is 9.59 Å². The van der Waals surface area contributed by atoms with E-state index in [1.165, 1.54) is 4.70 Å². The zero-order valence-corrected chi connectivity index (χ0v) is 17.0. The predicted octanol–water partition coefficient (Wildman–Crippen LogP) is 3.90. The standard InChI is InChI=1S/C22H24N4O2S/c27-21(23-13-12-20-25-18-10-4-5-11-19(18)29-20)16-7-6-14-26(15-16)22(28)24-17-8-2-1-3-9-17/h1-5,8-11,16H,6-7,12-15H2,(H,23,27)(H,24,28). The second-order valence-corrected chi connectivity index (χ2v) is 8.31. The molecule has 150 valence electrons. The van der Waals surface area contributed by atoms with Gasteiger partial charge < -0.3 is 15.5 Å². The number of aromatic nitrogens is 1. The van der Waals surface area contributed by atoms with Crippen LogP contribution in [0.25, 0.3) is 10.2 Å².